The number of amides is 1. The molecule has 25 heavy (non-hydrogen) atoms. The Bertz CT molecular complexity index is 724. The summed E-state index contributed by atoms with van der Waals surface area (Å²) in [7, 11) is 3.44. The van der Waals surface area contributed by atoms with Crippen molar-refractivity contribution in [1.29, 1.82) is 0 Å². The van der Waals surface area contributed by atoms with E-state index in [9.17, 15) is 4.79 Å². The Morgan fingerprint density at radius 1 is 1.36 bits per heavy atom. The summed E-state index contributed by atoms with van der Waals surface area (Å²) in [6.45, 7) is 5.02. The number of benzene rings is 1. The number of rotatable bonds is 6. The number of likely N-dealkylation sites (tertiary alicyclic amines) is 1. The van der Waals surface area contributed by atoms with E-state index in [2.05, 4.69) is 22.2 Å². The van der Waals surface area contributed by atoms with Crippen LogP contribution >= 0.6 is 0 Å². The summed E-state index contributed by atoms with van der Waals surface area (Å²) in [6, 6.07) is 9.96. The number of likely N-dealkylation sites (N-methyl/N-ethyl adjacent to an activating group) is 1. The van der Waals surface area contributed by atoms with Crippen LogP contribution in [0.1, 0.15) is 30.3 Å². The predicted octanol–water partition coefficient (Wildman–Crippen LogP) is 2.31. The monoisotopic (exact) mass is 342 g/mol. The van der Waals surface area contributed by atoms with Gasteiger partial charge >= 0.3 is 0 Å². The first kappa shape index (κ1) is 17.5. The highest BCUT2D eigenvalue weighted by molar-refractivity contribution is 5.93. The van der Waals surface area contributed by atoms with Crippen molar-refractivity contribution in [1.82, 2.24) is 20.0 Å². The van der Waals surface area contributed by atoms with Gasteiger partial charge in [-0.3, -0.25) is 14.4 Å². The van der Waals surface area contributed by atoms with Crippen molar-refractivity contribution in [2.45, 2.75) is 25.8 Å². The number of hydrogen-bond donors (Lipinski definition) is 1. The molecule has 0 aliphatic carbocycles. The zero-order valence-corrected chi connectivity index (χ0v) is 15.2. The molecule has 2 heterocycles. The lowest BCUT2D eigenvalue weighted by molar-refractivity contribution is 0.0932. The van der Waals surface area contributed by atoms with Gasteiger partial charge in [0.05, 0.1) is 12.8 Å². The number of ether oxygens (including phenoxy) is 1. The van der Waals surface area contributed by atoms with Crippen LogP contribution in [0.2, 0.25) is 0 Å². The number of aromatic nitrogens is 2. The molecule has 1 saturated heterocycles. The summed E-state index contributed by atoms with van der Waals surface area (Å²) >= 11 is 0. The molecule has 1 aromatic carbocycles. The normalized spacial score (nSPS) is 17.6. The minimum absolute atomic E-state index is 0.0716. The number of aryl methyl sites for hydroxylation is 1. The van der Waals surface area contributed by atoms with Crippen LogP contribution < -0.4 is 10.1 Å². The molecule has 6 heteroatoms. The number of carbonyl (C=O) groups is 1. The summed E-state index contributed by atoms with van der Waals surface area (Å²) in [5, 5.41) is 7.54. The second-order valence-electron chi connectivity index (χ2n) is 6.40. The fraction of sp³-hybridized carbons (Fsp3) is 0.474. The van der Waals surface area contributed by atoms with Gasteiger partial charge in [-0.1, -0.05) is 6.92 Å². The standard InChI is InChI=1S/C19H26N4O2/c1-4-23-11-5-6-15(23)13-20-19(24)18-12-17(21-22(18)2)14-7-9-16(25-3)10-8-14/h7-10,12,15H,4-6,11,13H2,1-3H3,(H,20,24). The minimum atomic E-state index is -0.0716. The number of hydrogen-bond acceptors (Lipinski definition) is 4. The van der Waals surface area contributed by atoms with Gasteiger partial charge in [0.15, 0.2) is 0 Å². The summed E-state index contributed by atoms with van der Waals surface area (Å²) in [6.07, 6.45) is 2.36. The molecule has 0 saturated carbocycles. The minimum Gasteiger partial charge on any atom is -0.497 e. The Kier molecular flexibility index (Phi) is 5.38. The third kappa shape index (κ3) is 3.85. The summed E-state index contributed by atoms with van der Waals surface area (Å²) < 4.78 is 6.82. The van der Waals surface area contributed by atoms with E-state index >= 15 is 0 Å². The maximum Gasteiger partial charge on any atom is 0.269 e. The molecule has 6 nitrogen and oxygen atoms in total. The number of nitrogens with zero attached hydrogens (tertiary/aromatic N) is 3. The lowest BCUT2D eigenvalue weighted by Crippen LogP contribution is -2.40. The maximum atomic E-state index is 12.6. The Hall–Kier alpha value is -2.34. The quantitative estimate of drug-likeness (QED) is 0.875. The number of methoxy groups -OCH3 is 1. The van der Waals surface area contributed by atoms with Crippen molar-refractivity contribution in [2.75, 3.05) is 26.7 Å². The van der Waals surface area contributed by atoms with Gasteiger partial charge in [-0.15, -0.1) is 0 Å². The molecular weight excluding hydrogens is 316 g/mol. The highest BCUT2D eigenvalue weighted by Crippen LogP contribution is 2.22. The summed E-state index contributed by atoms with van der Waals surface area (Å²) in [4.78, 5) is 15.0. The van der Waals surface area contributed by atoms with Crippen LogP contribution in [0.25, 0.3) is 11.3 Å². The summed E-state index contributed by atoms with van der Waals surface area (Å²) in [5.74, 6) is 0.729. The lowest BCUT2D eigenvalue weighted by Gasteiger charge is -2.22. The van der Waals surface area contributed by atoms with Gasteiger partial charge in [-0.25, -0.2) is 0 Å². The summed E-state index contributed by atoms with van der Waals surface area (Å²) in [5.41, 5.74) is 2.32. The van der Waals surface area contributed by atoms with E-state index in [0.29, 0.717) is 18.3 Å². The second kappa shape index (κ2) is 7.70. The molecular formula is C19H26N4O2. The Morgan fingerprint density at radius 3 is 2.80 bits per heavy atom. The molecule has 1 amide bonds. The Balaban J connectivity index is 1.67. The van der Waals surface area contributed by atoms with Crippen molar-refractivity contribution in [2.24, 2.45) is 7.05 Å². The topological polar surface area (TPSA) is 59.4 Å². The van der Waals surface area contributed by atoms with Gasteiger partial charge in [-0.05, 0) is 56.3 Å². The molecule has 3 rings (SSSR count). The first-order valence-corrected chi connectivity index (χ1v) is 8.83. The van der Waals surface area contributed by atoms with E-state index < -0.39 is 0 Å². The highest BCUT2D eigenvalue weighted by Gasteiger charge is 2.24. The van der Waals surface area contributed by atoms with Crippen molar-refractivity contribution in [3.63, 3.8) is 0 Å². The van der Waals surface area contributed by atoms with Gasteiger partial charge in [0.2, 0.25) is 0 Å². The van der Waals surface area contributed by atoms with Gasteiger partial charge in [0.1, 0.15) is 11.4 Å². The van der Waals surface area contributed by atoms with Crippen LogP contribution in [0.4, 0.5) is 0 Å². The largest absolute Gasteiger partial charge is 0.497 e. The molecule has 1 N–H and O–H groups in total. The molecule has 0 spiro atoms. The molecule has 1 aromatic heterocycles. The van der Waals surface area contributed by atoms with Gasteiger partial charge in [-0.2, -0.15) is 5.10 Å². The third-order valence-electron chi connectivity index (χ3n) is 4.90. The first-order chi connectivity index (χ1) is 12.1. The molecule has 1 unspecified atom stereocenters. The van der Waals surface area contributed by atoms with E-state index in [4.69, 9.17) is 4.74 Å². The van der Waals surface area contributed by atoms with Gasteiger partial charge in [0, 0.05) is 25.2 Å². The molecule has 134 valence electrons. The van der Waals surface area contributed by atoms with E-state index in [0.717, 1.165) is 36.5 Å². The number of carbonyl (C=O) groups excluding carboxylic acids is 1. The first-order valence-electron chi connectivity index (χ1n) is 8.83. The van der Waals surface area contributed by atoms with Gasteiger partial charge in [0.25, 0.3) is 5.91 Å². The Labute approximate surface area is 148 Å². The van der Waals surface area contributed by atoms with Crippen molar-refractivity contribution in [3.8, 4) is 17.0 Å². The molecule has 1 aliphatic heterocycles. The van der Waals surface area contributed by atoms with E-state index in [-0.39, 0.29) is 5.91 Å². The average Bonchev–Trinajstić information content (AvgIpc) is 3.25. The second-order valence-corrected chi connectivity index (χ2v) is 6.40. The van der Waals surface area contributed by atoms with Crippen LogP contribution in [0.5, 0.6) is 5.75 Å². The van der Waals surface area contributed by atoms with Crippen molar-refractivity contribution in [3.05, 3.63) is 36.0 Å². The molecule has 0 bridgehead atoms. The lowest BCUT2D eigenvalue weighted by atomic mass is 10.1. The zero-order chi connectivity index (χ0) is 17.8. The molecule has 1 atom stereocenters. The Morgan fingerprint density at radius 2 is 2.12 bits per heavy atom. The van der Waals surface area contributed by atoms with Crippen LogP contribution in [0.15, 0.2) is 30.3 Å². The van der Waals surface area contributed by atoms with Crippen LogP contribution in [0, 0.1) is 0 Å². The van der Waals surface area contributed by atoms with Crippen LogP contribution in [-0.2, 0) is 7.05 Å². The SMILES string of the molecule is CCN1CCCC1CNC(=O)c1cc(-c2ccc(OC)cc2)nn1C. The van der Waals surface area contributed by atoms with E-state index in [1.54, 1.807) is 18.8 Å². The molecule has 1 fully saturated rings. The maximum absolute atomic E-state index is 12.6. The molecule has 1 aliphatic rings. The molecule has 0 radical (unpaired) electrons. The van der Waals surface area contributed by atoms with Crippen LogP contribution in [0.3, 0.4) is 0 Å². The van der Waals surface area contributed by atoms with Gasteiger partial charge < -0.3 is 10.1 Å². The van der Waals surface area contributed by atoms with Crippen molar-refractivity contribution < 1.29 is 9.53 Å². The van der Waals surface area contributed by atoms with Crippen molar-refractivity contribution >= 4 is 5.91 Å². The molecule has 2 aromatic rings. The predicted molar refractivity (Wildman–Crippen MR) is 97.8 cm³/mol. The van der Waals surface area contributed by atoms with E-state index in [1.807, 2.05) is 30.3 Å². The number of nitrogens with one attached hydrogen (secondary N) is 1. The zero-order valence-electron chi connectivity index (χ0n) is 15.2. The average molecular weight is 342 g/mol. The third-order valence-corrected chi connectivity index (χ3v) is 4.90. The fourth-order valence-corrected chi connectivity index (χ4v) is 3.43. The van der Waals surface area contributed by atoms with Crippen LogP contribution in [-0.4, -0.2) is 53.4 Å². The highest BCUT2D eigenvalue weighted by atomic mass is 16.5. The smallest absolute Gasteiger partial charge is 0.269 e. The fourth-order valence-electron chi connectivity index (χ4n) is 3.43. The van der Waals surface area contributed by atoms with E-state index in [1.165, 1.54) is 6.42 Å².